The van der Waals surface area contributed by atoms with Gasteiger partial charge in [0.1, 0.15) is 11.4 Å². The Labute approximate surface area is 172 Å². The Kier molecular flexibility index (Phi) is 5.77. The molecule has 2 heterocycles. The number of pyridine rings is 1. The van der Waals surface area contributed by atoms with Gasteiger partial charge in [0, 0.05) is 6.04 Å². The molecule has 0 radical (unpaired) electrons. The van der Waals surface area contributed by atoms with Gasteiger partial charge in [-0.2, -0.15) is 28.1 Å². The molecule has 2 aliphatic rings. The van der Waals surface area contributed by atoms with E-state index >= 15 is 0 Å². The number of aliphatic hydroxyl groups is 1. The summed E-state index contributed by atoms with van der Waals surface area (Å²) < 4.78 is 39.3. The first-order chi connectivity index (χ1) is 14.3. The van der Waals surface area contributed by atoms with Crippen LogP contribution in [0.25, 0.3) is 11.5 Å². The second-order valence-electron chi connectivity index (χ2n) is 8.09. The molecule has 0 unspecified atom stereocenters. The van der Waals surface area contributed by atoms with E-state index in [1.165, 1.54) is 12.1 Å². The summed E-state index contributed by atoms with van der Waals surface area (Å²) in [5, 5.41) is 16.6. The lowest BCUT2D eigenvalue weighted by atomic mass is 9.93. The Morgan fingerprint density at radius 1 is 1.00 bits per heavy atom. The van der Waals surface area contributed by atoms with Crippen molar-refractivity contribution < 1.29 is 18.3 Å². The molecule has 2 aliphatic carbocycles. The number of rotatable bonds is 6. The standard InChI is InChI=1S/C20H25F3N6O/c1-11(12-9-10-12)24-18-27-17(14-6-4-8-16(25-14)20(21,22)23)28-19(29-18)26-13-5-2-3-7-15(13)30/h4,6,8,11-13,15,30H,2-3,5,7,9-10H2,1H3,(H2,24,26,27,28,29)/t11-,13+,15-/m1/s1. The Morgan fingerprint density at radius 2 is 1.73 bits per heavy atom. The van der Waals surface area contributed by atoms with Crippen LogP contribution in [0.1, 0.15) is 51.1 Å². The van der Waals surface area contributed by atoms with E-state index in [-0.39, 0.29) is 35.5 Å². The molecule has 3 atom stereocenters. The van der Waals surface area contributed by atoms with E-state index in [1.54, 1.807) is 0 Å². The smallest absolute Gasteiger partial charge is 0.391 e. The number of halogens is 3. The summed E-state index contributed by atoms with van der Waals surface area (Å²) in [7, 11) is 0. The van der Waals surface area contributed by atoms with Gasteiger partial charge in [0.05, 0.1) is 12.1 Å². The van der Waals surface area contributed by atoms with E-state index in [4.69, 9.17) is 0 Å². The number of aromatic nitrogens is 4. The Morgan fingerprint density at radius 3 is 2.43 bits per heavy atom. The summed E-state index contributed by atoms with van der Waals surface area (Å²) in [6.45, 7) is 2.03. The quantitative estimate of drug-likeness (QED) is 0.650. The number of aliphatic hydroxyl groups excluding tert-OH is 1. The zero-order valence-electron chi connectivity index (χ0n) is 16.7. The summed E-state index contributed by atoms with van der Waals surface area (Å²) in [4.78, 5) is 16.7. The fourth-order valence-corrected chi connectivity index (χ4v) is 3.70. The van der Waals surface area contributed by atoms with Crippen LogP contribution in [-0.4, -0.2) is 43.2 Å². The average Bonchev–Trinajstić information content (AvgIpc) is 3.54. The highest BCUT2D eigenvalue weighted by molar-refractivity contribution is 5.54. The van der Waals surface area contributed by atoms with Crippen molar-refractivity contribution in [2.75, 3.05) is 10.6 Å². The van der Waals surface area contributed by atoms with Crippen molar-refractivity contribution in [1.29, 1.82) is 0 Å². The first kappa shape index (κ1) is 20.8. The molecular formula is C20H25F3N6O. The largest absolute Gasteiger partial charge is 0.433 e. The van der Waals surface area contributed by atoms with Gasteiger partial charge in [-0.05, 0) is 50.7 Å². The molecule has 7 nitrogen and oxygen atoms in total. The topological polar surface area (TPSA) is 95.9 Å². The minimum atomic E-state index is -4.56. The van der Waals surface area contributed by atoms with E-state index < -0.39 is 18.0 Å². The summed E-state index contributed by atoms with van der Waals surface area (Å²) in [5.74, 6) is 1.09. The number of hydrogen-bond acceptors (Lipinski definition) is 7. The maximum atomic E-state index is 13.1. The number of nitrogens with zero attached hydrogens (tertiary/aromatic N) is 4. The molecule has 10 heteroatoms. The van der Waals surface area contributed by atoms with Gasteiger partial charge in [0.2, 0.25) is 11.9 Å². The van der Waals surface area contributed by atoms with Gasteiger partial charge in [-0.15, -0.1) is 0 Å². The maximum Gasteiger partial charge on any atom is 0.433 e. The van der Waals surface area contributed by atoms with Crippen LogP contribution in [0, 0.1) is 5.92 Å². The fraction of sp³-hybridized carbons (Fsp3) is 0.600. The second-order valence-corrected chi connectivity index (χ2v) is 8.09. The summed E-state index contributed by atoms with van der Waals surface area (Å²) in [6, 6.07) is 3.57. The van der Waals surface area contributed by atoms with E-state index in [0.717, 1.165) is 38.2 Å². The van der Waals surface area contributed by atoms with Crippen LogP contribution in [0.2, 0.25) is 0 Å². The highest BCUT2D eigenvalue weighted by Crippen LogP contribution is 2.34. The lowest BCUT2D eigenvalue weighted by Gasteiger charge is -2.28. The molecule has 30 heavy (non-hydrogen) atoms. The zero-order valence-corrected chi connectivity index (χ0v) is 16.7. The predicted octanol–water partition coefficient (Wildman–Crippen LogP) is 3.88. The molecule has 162 valence electrons. The maximum absolute atomic E-state index is 13.1. The van der Waals surface area contributed by atoms with E-state index in [0.29, 0.717) is 12.3 Å². The third-order valence-electron chi connectivity index (χ3n) is 5.63. The number of anilines is 2. The molecule has 2 aromatic rings. The van der Waals surface area contributed by atoms with Gasteiger partial charge in [0.25, 0.3) is 0 Å². The van der Waals surface area contributed by atoms with Crippen molar-refractivity contribution in [3.8, 4) is 11.5 Å². The van der Waals surface area contributed by atoms with Gasteiger partial charge < -0.3 is 15.7 Å². The Bertz CT molecular complexity index is 889. The molecule has 0 aliphatic heterocycles. The second kappa shape index (κ2) is 8.33. The molecule has 4 rings (SSSR count). The summed E-state index contributed by atoms with van der Waals surface area (Å²) >= 11 is 0. The predicted molar refractivity (Wildman–Crippen MR) is 106 cm³/mol. The monoisotopic (exact) mass is 422 g/mol. The van der Waals surface area contributed by atoms with E-state index in [9.17, 15) is 18.3 Å². The van der Waals surface area contributed by atoms with Crippen LogP contribution in [0.4, 0.5) is 25.1 Å². The lowest BCUT2D eigenvalue weighted by Crippen LogP contribution is -2.37. The van der Waals surface area contributed by atoms with Crippen LogP contribution in [0.15, 0.2) is 18.2 Å². The molecule has 0 spiro atoms. The number of hydrogen-bond donors (Lipinski definition) is 3. The van der Waals surface area contributed by atoms with Gasteiger partial charge in [0.15, 0.2) is 5.82 Å². The Balaban J connectivity index is 1.66. The minimum Gasteiger partial charge on any atom is -0.391 e. The van der Waals surface area contributed by atoms with Crippen molar-refractivity contribution in [3.63, 3.8) is 0 Å². The first-order valence-electron chi connectivity index (χ1n) is 10.3. The van der Waals surface area contributed by atoms with Crippen LogP contribution < -0.4 is 10.6 Å². The minimum absolute atomic E-state index is 0.0154. The molecule has 3 N–H and O–H groups in total. The van der Waals surface area contributed by atoms with Crippen molar-refractivity contribution >= 4 is 11.9 Å². The third-order valence-corrected chi connectivity index (χ3v) is 5.63. The number of nitrogens with one attached hydrogen (secondary N) is 2. The molecule has 0 amide bonds. The average molecular weight is 422 g/mol. The molecule has 2 aromatic heterocycles. The SMILES string of the molecule is C[C@@H](Nc1nc(N[C@H]2CCCC[C@H]2O)nc(-c2cccc(C(F)(F)F)n2)n1)C1CC1. The van der Waals surface area contributed by atoms with Crippen molar-refractivity contribution in [2.45, 2.75) is 69.8 Å². The van der Waals surface area contributed by atoms with Crippen molar-refractivity contribution in [2.24, 2.45) is 5.92 Å². The van der Waals surface area contributed by atoms with Gasteiger partial charge in [-0.3, -0.25) is 0 Å². The van der Waals surface area contributed by atoms with Crippen LogP contribution in [0.5, 0.6) is 0 Å². The van der Waals surface area contributed by atoms with E-state index in [1.807, 2.05) is 6.92 Å². The number of alkyl halides is 3. The van der Waals surface area contributed by atoms with Crippen LogP contribution in [0.3, 0.4) is 0 Å². The first-order valence-corrected chi connectivity index (χ1v) is 10.3. The molecular weight excluding hydrogens is 397 g/mol. The molecule has 2 fully saturated rings. The Hall–Kier alpha value is -2.49. The molecule has 0 bridgehead atoms. The van der Waals surface area contributed by atoms with Gasteiger partial charge in [-0.1, -0.05) is 18.9 Å². The molecule has 0 aromatic carbocycles. The van der Waals surface area contributed by atoms with Gasteiger partial charge in [-0.25, -0.2) is 4.98 Å². The van der Waals surface area contributed by atoms with Crippen LogP contribution >= 0.6 is 0 Å². The summed E-state index contributed by atoms with van der Waals surface area (Å²) in [6.07, 6.45) is 0.569. The molecule has 0 saturated heterocycles. The highest BCUT2D eigenvalue weighted by Gasteiger charge is 2.33. The van der Waals surface area contributed by atoms with Gasteiger partial charge >= 0.3 is 6.18 Å². The zero-order chi connectivity index (χ0) is 21.3. The van der Waals surface area contributed by atoms with Crippen molar-refractivity contribution in [3.05, 3.63) is 23.9 Å². The normalized spacial score (nSPS) is 23.1. The summed E-state index contributed by atoms with van der Waals surface area (Å²) in [5.41, 5.74) is -0.986. The molecule has 2 saturated carbocycles. The fourth-order valence-electron chi connectivity index (χ4n) is 3.70. The van der Waals surface area contributed by atoms with E-state index in [2.05, 4.69) is 30.6 Å². The van der Waals surface area contributed by atoms with Crippen LogP contribution in [-0.2, 0) is 6.18 Å². The highest BCUT2D eigenvalue weighted by atomic mass is 19.4. The van der Waals surface area contributed by atoms with Crippen molar-refractivity contribution in [1.82, 2.24) is 19.9 Å². The lowest BCUT2D eigenvalue weighted by molar-refractivity contribution is -0.141. The third kappa shape index (κ3) is 4.97.